The van der Waals surface area contributed by atoms with Crippen LogP contribution in [-0.4, -0.2) is 40.2 Å². The number of aromatic nitrogens is 2. The Morgan fingerprint density at radius 3 is 2.71 bits per heavy atom. The lowest BCUT2D eigenvalue weighted by Gasteiger charge is -2.29. The summed E-state index contributed by atoms with van der Waals surface area (Å²) < 4.78 is 1.80. The van der Waals surface area contributed by atoms with Gasteiger partial charge in [-0.15, -0.1) is 0 Å². The minimum Gasteiger partial charge on any atom is -0.354 e. The third-order valence-electron chi connectivity index (χ3n) is 4.41. The van der Waals surface area contributed by atoms with E-state index >= 15 is 0 Å². The summed E-state index contributed by atoms with van der Waals surface area (Å²) in [5, 5.41) is 11.7. The van der Waals surface area contributed by atoms with Gasteiger partial charge in [0.05, 0.1) is 11.7 Å². The van der Waals surface area contributed by atoms with E-state index < -0.39 is 0 Å². The maximum Gasteiger partial charge on any atom is 0.220 e. The molecule has 0 saturated carbocycles. The van der Waals surface area contributed by atoms with E-state index in [2.05, 4.69) is 46.0 Å². The second-order valence-electron chi connectivity index (χ2n) is 6.01. The third-order valence-corrected chi connectivity index (χ3v) is 5.11. The lowest BCUT2D eigenvalue weighted by atomic mass is 10.1. The number of aryl methyl sites for hydroxylation is 3. The van der Waals surface area contributed by atoms with Gasteiger partial charge in [-0.2, -0.15) is 16.4 Å². The van der Waals surface area contributed by atoms with E-state index in [1.54, 1.807) is 16.0 Å². The number of likely N-dealkylation sites (N-methyl/N-ethyl adjacent to an activating group) is 1. The molecule has 6 heteroatoms. The molecule has 0 spiro atoms. The van der Waals surface area contributed by atoms with E-state index in [1.807, 2.05) is 20.2 Å². The van der Waals surface area contributed by atoms with Crippen LogP contribution in [-0.2, 0) is 18.3 Å². The molecule has 132 valence electrons. The zero-order valence-corrected chi connectivity index (χ0v) is 15.9. The summed E-state index contributed by atoms with van der Waals surface area (Å²) >= 11 is 1.70. The Morgan fingerprint density at radius 2 is 2.17 bits per heavy atom. The molecule has 1 atom stereocenters. The predicted octanol–water partition coefficient (Wildman–Crippen LogP) is 2.92. The highest BCUT2D eigenvalue weighted by molar-refractivity contribution is 7.07. The highest BCUT2D eigenvalue weighted by Crippen LogP contribution is 2.22. The van der Waals surface area contributed by atoms with Gasteiger partial charge in [-0.3, -0.25) is 14.4 Å². The summed E-state index contributed by atoms with van der Waals surface area (Å²) in [4.78, 5) is 14.6. The Balaban J connectivity index is 1.89. The summed E-state index contributed by atoms with van der Waals surface area (Å²) in [6.07, 6.45) is 3.23. The Labute approximate surface area is 148 Å². The van der Waals surface area contributed by atoms with Crippen LogP contribution >= 0.6 is 11.3 Å². The molecule has 0 aliphatic carbocycles. The Bertz CT molecular complexity index is 631. The molecule has 5 nitrogen and oxygen atoms in total. The molecule has 0 aliphatic rings. The lowest BCUT2D eigenvalue weighted by Crippen LogP contribution is -2.38. The monoisotopic (exact) mass is 348 g/mol. The third kappa shape index (κ3) is 4.92. The van der Waals surface area contributed by atoms with Crippen LogP contribution in [0, 0.1) is 6.92 Å². The zero-order chi connectivity index (χ0) is 17.5. The molecular formula is C18H28N4OS. The smallest absolute Gasteiger partial charge is 0.220 e. The van der Waals surface area contributed by atoms with E-state index in [9.17, 15) is 4.79 Å². The maximum absolute atomic E-state index is 12.3. The minimum atomic E-state index is 0.102. The van der Waals surface area contributed by atoms with Gasteiger partial charge in [0.2, 0.25) is 5.91 Å². The summed E-state index contributed by atoms with van der Waals surface area (Å²) in [6, 6.07) is 2.40. The van der Waals surface area contributed by atoms with Crippen molar-refractivity contribution in [2.24, 2.45) is 7.05 Å². The first-order valence-corrected chi connectivity index (χ1v) is 9.51. The van der Waals surface area contributed by atoms with Gasteiger partial charge in [-0.25, -0.2) is 0 Å². The van der Waals surface area contributed by atoms with Gasteiger partial charge in [-0.05, 0) is 54.4 Å². The van der Waals surface area contributed by atoms with E-state index in [-0.39, 0.29) is 11.9 Å². The van der Waals surface area contributed by atoms with E-state index in [4.69, 9.17) is 0 Å². The van der Waals surface area contributed by atoms with Crippen molar-refractivity contribution in [2.45, 2.75) is 39.7 Å². The van der Waals surface area contributed by atoms with Gasteiger partial charge >= 0.3 is 0 Å². The number of nitrogens with zero attached hydrogens (tertiary/aromatic N) is 3. The highest BCUT2D eigenvalue weighted by atomic mass is 32.1. The van der Waals surface area contributed by atoms with Crippen LogP contribution in [0.2, 0.25) is 0 Å². The van der Waals surface area contributed by atoms with Crippen LogP contribution in [0.4, 0.5) is 0 Å². The van der Waals surface area contributed by atoms with Crippen LogP contribution in [0.3, 0.4) is 0 Å². The molecule has 0 aromatic carbocycles. The largest absolute Gasteiger partial charge is 0.354 e. The first-order chi connectivity index (χ1) is 11.5. The van der Waals surface area contributed by atoms with Crippen molar-refractivity contribution in [3.8, 4) is 0 Å². The summed E-state index contributed by atoms with van der Waals surface area (Å²) in [5.41, 5.74) is 3.43. The van der Waals surface area contributed by atoms with Crippen LogP contribution in [0.1, 0.15) is 43.1 Å². The van der Waals surface area contributed by atoms with E-state index in [1.165, 1.54) is 5.56 Å². The van der Waals surface area contributed by atoms with Crippen LogP contribution in [0.5, 0.6) is 0 Å². The molecular weight excluding hydrogens is 320 g/mol. The summed E-state index contributed by atoms with van der Waals surface area (Å²) in [7, 11) is 1.91. The number of amides is 1. The maximum atomic E-state index is 12.3. The molecule has 2 aromatic heterocycles. The van der Waals surface area contributed by atoms with Gasteiger partial charge in [-0.1, -0.05) is 13.8 Å². The van der Waals surface area contributed by atoms with E-state index in [0.29, 0.717) is 13.0 Å². The molecule has 0 saturated heterocycles. The van der Waals surface area contributed by atoms with Gasteiger partial charge < -0.3 is 5.32 Å². The highest BCUT2D eigenvalue weighted by Gasteiger charge is 2.19. The first-order valence-electron chi connectivity index (χ1n) is 8.57. The van der Waals surface area contributed by atoms with Crippen molar-refractivity contribution in [1.29, 1.82) is 0 Å². The second-order valence-corrected chi connectivity index (χ2v) is 6.79. The fourth-order valence-corrected chi connectivity index (χ4v) is 3.73. The van der Waals surface area contributed by atoms with E-state index in [0.717, 1.165) is 30.8 Å². The average Bonchev–Trinajstić information content (AvgIpc) is 3.19. The molecule has 1 amide bonds. The predicted molar refractivity (Wildman–Crippen MR) is 99.3 cm³/mol. The van der Waals surface area contributed by atoms with Crippen LogP contribution in [0.25, 0.3) is 0 Å². The zero-order valence-electron chi connectivity index (χ0n) is 15.1. The number of thiophene rings is 1. The van der Waals surface area contributed by atoms with Gasteiger partial charge in [0, 0.05) is 26.2 Å². The van der Waals surface area contributed by atoms with Gasteiger partial charge in [0.15, 0.2) is 0 Å². The summed E-state index contributed by atoms with van der Waals surface area (Å²) in [5.74, 6) is 0.102. The Hall–Kier alpha value is -1.66. The Morgan fingerprint density at radius 1 is 1.42 bits per heavy atom. The van der Waals surface area contributed by atoms with Crippen LogP contribution < -0.4 is 5.32 Å². The molecule has 0 aliphatic heterocycles. The van der Waals surface area contributed by atoms with Crippen molar-refractivity contribution in [3.05, 3.63) is 39.8 Å². The molecule has 1 N–H and O–H groups in total. The van der Waals surface area contributed by atoms with Gasteiger partial charge in [0.25, 0.3) is 0 Å². The number of hydrogen-bond donors (Lipinski definition) is 1. The number of rotatable bonds is 9. The molecule has 2 rings (SSSR count). The quantitative estimate of drug-likeness (QED) is 0.758. The SMILES string of the molecule is CCN(CC)C(CNC(=O)CCc1cn(C)nc1C)c1ccsc1. The topological polar surface area (TPSA) is 50.2 Å². The number of nitrogens with one attached hydrogen (secondary N) is 1. The van der Waals surface area contributed by atoms with Crippen molar-refractivity contribution in [2.75, 3.05) is 19.6 Å². The number of hydrogen-bond acceptors (Lipinski definition) is 4. The summed E-state index contributed by atoms with van der Waals surface area (Å²) in [6.45, 7) is 8.92. The molecule has 0 bridgehead atoms. The first kappa shape index (κ1) is 18.7. The standard InChI is InChI=1S/C18H28N4OS/c1-5-22(6-2)17(16-9-10-24-13-16)11-19-18(23)8-7-15-12-21(4)20-14(15)3/h9-10,12-13,17H,5-8,11H2,1-4H3,(H,19,23). The van der Waals surface area contributed by atoms with Crippen molar-refractivity contribution in [1.82, 2.24) is 20.0 Å². The fourth-order valence-electron chi connectivity index (χ4n) is 3.03. The minimum absolute atomic E-state index is 0.102. The molecule has 2 aromatic rings. The molecule has 1 unspecified atom stereocenters. The molecule has 0 radical (unpaired) electrons. The van der Waals surface area contributed by atoms with Gasteiger partial charge in [0.1, 0.15) is 0 Å². The Kier molecular flexibility index (Phi) is 6.99. The van der Waals surface area contributed by atoms with Crippen molar-refractivity contribution in [3.63, 3.8) is 0 Å². The number of carbonyl (C=O) groups is 1. The molecule has 2 heterocycles. The number of carbonyl (C=O) groups excluding carboxylic acids is 1. The molecule has 24 heavy (non-hydrogen) atoms. The fraction of sp³-hybridized carbons (Fsp3) is 0.556. The lowest BCUT2D eigenvalue weighted by molar-refractivity contribution is -0.121. The normalized spacial score (nSPS) is 12.5. The van der Waals surface area contributed by atoms with Crippen molar-refractivity contribution >= 4 is 17.2 Å². The second kappa shape index (κ2) is 8.99. The molecule has 0 fully saturated rings. The van der Waals surface area contributed by atoms with Crippen molar-refractivity contribution < 1.29 is 4.79 Å². The van der Waals surface area contributed by atoms with Crippen LogP contribution in [0.15, 0.2) is 23.0 Å². The average molecular weight is 349 g/mol.